The van der Waals surface area contributed by atoms with Gasteiger partial charge >= 0.3 is 0 Å². The van der Waals surface area contributed by atoms with Crippen molar-refractivity contribution < 1.29 is 9.21 Å². The third-order valence-electron chi connectivity index (χ3n) is 3.31. The van der Waals surface area contributed by atoms with Gasteiger partial charge in [-0.05, 0) is 31.4 Å². The van der Waals surface area contributed by atoms with E-state index in [1.54, 1.807) is 11.2 Å². The molecule has 3 heteroatoms. The van der Waals surface area contributed by atoms with Crippen LogP contribution in [0.2, 0.25) is 0 Å². The number of amides is 1. The number of hydrogen-bond donors (Lipinski definition) is 0. The Balaban J connectivity index is 2.01. The van der Waals surface area contributed by atoms with Crippen molar-refractivity contribution in [3.8, 4) is 0 Å². The summed E-state index contributed by atoms with van der Waals surface area (Å²) in [5.41, 5.74) is 0. The Labute approximate surface area is 90.1 Å². The maximum absolute atomic E-state index is 11.9. The van der Waals surface area contributed by atoms with E-state index < -0.39 is 0 Å². The first-order chi connectivity index (χ1) is 7.11. The van der Waals surface area contributed by atoms with Gasteiger partial charge in [-0.2, -0.15) is 0 Å². The van der Waals surface area contributed by atoms with E-state index in [0.29, 0.717) is 5.92 Å². The van der Waals surface area contributed by atoms with Gasteiger partial charge in [0.25, 0.3) is 0 Å². The van der Waals surface area contributed by atoms with Crippen molar-refractivity contribution >= 4 is 5.91 Å². The Morgan fingerprint density at radius 2 is 2.33 bits per heavy atom. The van der Waals surface area contributed by atoms with Crippen molar-refractivity contribution in [1.29, 1.82) is 0 Å². The molecule has 15 heavy (non-hydrogen) atoms. The molecular formula is C12H17NO2. The van der Waals surface area contributed by atoms with Gasteiger partial charge in [0.1, 0.15) is 5.76 Å². The lowest BCUT2D eigenvalue weighted by Gasteiger charge is -2.23. The van der Waals surface area contributed by atoms with Crippen molar-refractivity contribution in [3.05, 3.63) is 24.2 Å². The molecule has 1 aliphatic rings. The molecule has 1 saturated carbocycles. The van der Waals surface area contributed by atoms with Crippen molar-refractivity contribution in [3.63, 3.8) is 0 Å². The van der Waals surface area contributed by atoms with Gasteiger partial charge < -0.3 is 9.32 Å². The first-order valence-corrected chi connectivity index (χ1v) is 5.41. The number of carbonyl (C=O) groups excluding carboxylic acids is 1. The number of nitrogens with zero attached hydrogens (tertiary/aromatic N) is 1. The largest absolute Gasteiger partial charge is 0.467 e. The van der Waals surface area contributed by atoms with Crippen LogP contribution >= 0.6 is 0 Å². The maximum Gasteiger partial charge on any atom is 0.226 e. The third kappa shape index (κ3) is 1.91. The normalized spacial score (nSPS) is 26.1. The van der Waals surface area contributed by atoms with Gasteiger partial charge in [-0.25, -0.2) is 0 Å². The monoisotopic (exact) mass is 207 g/mol. The minimum atomic E-state index is 0.0281. The molecular weight excluding hydrogens is 190 g/mol. The van der Waals surface area contributed by atoms with Gasteiger partial charge in [0.05, 0.1) is 12.3 Å². The highest BCUT2D eigenvalue weighted by Gasteiger charge is 2.41. The minimum Gasteiger partial charge on any atom is -0.467 e. The fourth-order valence-electron chi connectivity index (χ4n) is 1.84. The number of furan rings is 1. The topological polar surface area (TPSA) is 33.5 Å². The van der Waals surface area contributed by atoms with Crippen molar-refractivity contribution in [2.45, 2.75) is 26.3 Å². The predicted octanol–water partition coefficient (Wildman–Crippen LogP) is 2.46. The SMILES string of the molecule is CC1CC1C(=O)N(C)C(C)c1ccco1. The molecule has 0 saturated heterocycles. The zero-order chi connectivity index (χ0) is 11.0. The highest BCUT2D eigenvalue weighted by atomic mass is 16.3. The summed E-state index contributed by atoms with van der Waals surface area (Å²) in [6, 6.07) is 3.79. The van der Waals surface area contributed by atoms with Crippen LogP contribution in [-0.4, -0.2) is 17.9 Å². The van der Waals surface area contributed by atoms with Gasteiger partial charge in [0.2, 0.25) is 5.91 Å². The summed E-state index contributed by atoms with van der Waals surface area (Å²) >= 11 is 0. The average molecular weight is 207 g/mol. The molecule has 3 atom stereocenters. The number of rotatable bonds is 3. The Hall–Kier alpha value is -1.25. The van der Waals surface area contributed by atoms with Gasteiger partial charge in [0.15, 0.2) is 0 Å². The van der Waals surface area contributed by atoms with Crippen LogP contribution in [0.15, 0.2) is 22.8 Å². The van der Waals surface area contributed by atoms with Crippen molar-refractivity contribution in [1.82, 2.24) is 4.90 Å². The molecule has 0 bridgehead atoms. The highest BCUT2D eigenvalue weighted by Crippen LogP contribution is 2.40. The summed E-state index contributed by atoms with van der Waals surface area (Å²) in [5.74, 6) is 1.89. The van der Waals surface area contributed by atoms with Crippen molar-refractivity contribution in [2.24, 2.45) is 11.8 Å². The number of carbonyl (C=O) groups is 1. The summed E-state index contributed by atoms with van der Waals surface area (Å²) in [7, 11) is 1.85. The molecule has 1 aliphatic carbocycles. The Morgan fingerprint density at radius 1 is 1.67 bits per heavy atom. The number of hydrogen-bond acceptors (Lipinski definition) is 2. The van der Waals surface area contributed by atoms with E-state index in [9.17, 15) is 4.79 Å². The summed E-state index contributed by atoms with van der Waals surface area (Å²) in [5, 5.41) is 0. The first kappa shape index (κ1) is 10.3. The van der Waals surface area contributed by atoms with E-state index in [2.05, 4.69) is 6.92 Å². The minimum absolute atomic E-state index is 0.0281. The molecule has 82 valence electrons. The summed E-state index contributed by atoms with van der Waals surface area (Å²) in [4.78, 5) is 13.7. The van der Waals surface area contributed by atoms with Crippen LogP contribution in [-0.2, 0) is 4.79 Å². The van der Waals surface area contributed by atoms with Crippen LogP contribution in [0.25, 0.3) is 0 Å². The van der Waals surface area contributed by atoms with Gasteiger partial charge in [-0.3, -0.25) is 4.79 Å². The second-order valence-corrected chi connectivity index (χ2v) is 4.46. The Morgan fingerprint density at radius 3 is 2.80 bits per heavy atom. The molecule has 1 aromatic rings. The first-order valence-electron chi connectivity index (χ1n) is 5.41. The highest BCUT2D eigenvalue weighted by molar-refractivity contribution is 5.81. The molecule has 0 aromatic carbocycles. The lowest BCUT2D eigenvalue weighted by atomic mass is 10.2. The van der Waals surface area contributed by atoms with Crippen molar-refractivity contribution in [2.75, 3.05) is 7.05 Å². The second-order valence-electron chi connectivity index (χ2n) is 4.46. The smallest absolute Gasteiger partial charge is 0.226 e. The Kier molecular flexibility index (Phi) is 2.55. The Bertz CT molecular complexity index is 345. The van der Waals surface area contributed by atoms with Crippen LogP contribution in [0.3, 0.4) is 0 Å². The molecule has 0 aliphatic heterocycles. The summed E-state index contributed by atoms with van der Waals surface area (Å²) in [6.45, 7) is 4.11. The fourth-order valence-corrected chi connectivity index (χ4v) is 1.84. The standard InChI is InChI=1S/C12H17NO2/c1-8-7-10(8)12(14)13(3)9(2)11-5-4-6-15-11/h4-6,8-10H,7H2,1-3H3. The third-order valence-corrected chi connectivity index (χ3v) is 3.31. The molecule has 1 heterocycles. The predicted molar refractivity (Wildman–Crippen MR) is 57.2 cm³/mol. The molecule has 0 spiro atoms. The lowest BCUT2D eigenvalue weighted by molar-refractivity contribution is -0.133. The van der Waals surface area contributed by atoms with E-state index in [1.165, 1.54) is 0 Å². The van der Waals surface area contributed by atoms with Crippen LogP contribution in [0.5, 0.6) is 0 Å². The maximum atomic E-state index is 11.9. The quantitative estimate of drug-likeness (QED) is 0.762. The molecule has 1 fully saturated rings. The molecule has 0 N–H and O–H groups in total. The fraction of sp³-hybridized carbons (Fsp3) is 0.583. The summed E-state index contributed by atoms with van der Waals surface area (Å²) in [6.07, 6.45) is 2.68. The van der Waals surface area contributed by atoms with Gasteiger partial charge in [0, 0.05) is 13.0 Å². The average Bonchev–Trinajstić information content (AvgIpc) is 2.75. The molecule has 1 amide bonds. The second kappa shape index (κ2) is 3.72. The molecule has 1 aromatic heterocycles. The van der Waals surface area contributed by atoms with Crippen LogP contribution in [0.1, 0.15) is 32.1 Å². The molecule has 3 nitrogen and oxygen atoms in total. The summed E-state index contributed by atoms with van der Waals surface area (Å²) < 4.78 is 5.30. The van der Waals surface area contributed by atoms with E-state index >= 15 is 0 Å². The van der Waals surface area contributed by atoms with E-state index in [-0.39, 0.29) is 17.9 Å². The molecule has 0 radical (unpaired) electrons. The lowest BCUT2D eigenvalue weighted by Crippen LogP contribution is -2.31. The van der Waals surface area contributed by atoms with Gasteiger partial charge in [-0.1, -0.05) is 6.92 Å². The molecule has 2 rings (SSSR count). The van der Waals surface area contributed by atoms with E-state index in [1.807, 2.05) is 26.1 Å². The zero-order valence-corrected chi connectivity index (χ0v) is 9.43. The van der Waals surface area contributed by atoms with Crippen LogP contribution in [0.4, 0.5) is 0 Å². The van der Waals surface area contributed by atoms with Crippen LogP contribution < -0.4 is 0 Å². The van der Waals surface area contributed by atoms with E-state index in [4.69, 9.17) is 4.42 Å². The molecule has 3 unspecified atom stereocenters. The van der Waals surface area contributed by atoms with Crippen LogP contribution in [0, 0.1) is 11.8 Å². The van der Waals surface area contributed by atoms with Gasteiger partial charge in [-0.15, -0.1) is 0 Å². The zero-order valence-electron chi connectivity index (χ0n) is 9.43. The van der Waals surface area contributed by atoms with E-state index in [0.717, 1.165) is 12.2 Å².